The highest BCUT2D eigenvalue weighted by Gasteiger charge is 2.48. The summed E-state index contributed by atoms with van der Waals surface area (Å²) >= 11 is 0. The lowest BCUT2D eigenvalue weighted by Crippen LogP contribution is -2.22. The van der Waals surface area contributed by atoms with Gasteiger partial charge in [-0.2, -0.15) is 5.10 Å². The van der Waals surface area contributed by atoms with Crippen LogP contribution in [0.1, 0.15) is 25.0 Å². The third kappa shape index (κ3) is 1.62. The Morgan fingerprint density at radius 1 is 1.44 bits per heavy atom. The molecule has 0 spiro atoms. The molecule has 2 aliphatic carbocycles. The van der Waals surface area contributed by atoms with Crippen molar-refractivity contribution in [2.24, 2.45) is 24.8 Å². The summed E-state index contributed by atoms with van der Waals surface area (Å²) < 4.78 is 1.73. The minimum absolute atomic E-state index is 0.176. The molecule has 0 bridgehead atoms. The Bertz CT molecular complexity index is 427. The van der Waals surface area contributed by atoms with E-state index in [1.165, 1.54) is 6.42 Å². The molecule has 2 fully saturated rings. The molecule has 0 saturated heterocycles. The Morgan fingerprint density at radius 2 is 2.12 bits per heavy atom. The van der Waals surface area contributed by atoms with Gasteiger partial charge in [0.25, 0.3) is 0 Å². The van der Waals surface area contributed by atoms with Gasteiger partial charge >= 0.3 is 0 Å². The molecule has 2 saturated carbocycles. The van der Waals surface area contributed by atoms with Crippen LogP contribution in [0.4, 0.5) is 5.82 Å². The lowest BCUT2D eigenvalue weighted by Gasteiger charge is -2.11. The maximum atomic E-state index is 12.0. The monoisotopic (exact) mass is 219 g/mol. The molecule has 0 aromatic carbocycles. The minimum Gasteiger partial charge on any atom is -0.311 e. The first-order valence-corrected chi connectivity index (χ1v) is 5.95. The average molecular weight is 219 g/mol. The molecule has 86 valence electrons. The summed E-state index contributed by atoms with van der Waals surface area (Å²) in [6.07, 6.45) is 3.54. The highest BCUT2D eigenvalue weighted by atomic mass is 16.2. The summed E-state index contributed by atoms with van der Waals surface area (Å²) in [7, 11) is 1.86. The van der Waals surface area contributed by atoms with Gasteiger partial charge in [0.2, 0.25) is 5.91 Å². The summed E-state index contributed by atoms with van der Waals surface area (Å²) in [6.45, 7) is 1.93. The van der Waals surface area contributed by atoms with Crippen molar-refractivity contribution in [1.82, 2.24) is 9.78 Å². The molecule has 1 N–H and O–H groups in total. The molecule has 3 rings (SSSR count). The van der Waals surface area contributed by atoms with Gasteiger partial charge < -0.3 is 5.32 Å². The zero-order valence-electron chi connectivity index (χ0n) is 9.73. The van der Waals surface area contributed by atoms with E-state index < -0.39 is 0 Å². The zero-order valence-corrected chi connectivity index (χ0v) is 9.73. The number of nitrogens with zero attached hydrogens (tertiary/aromatic N) is 2. The van der Waals surface area contributed by atoms with E-state index in [4.69, 9.17) is 0 Å². The number of fused-ring (bicyclic) bond motifs is 1. The fourth-order valence-electron chi connectivity index (χ4n) is 2.88. The van der Waals surface area contributed by atoms with E-state index in [9.17, 15) is 4.79 Å². The number of rotatable bonds is 2. The molecule has 2 unspecified atom stereocenters. The Labute approximate surface area is 95.0 Å². The topological polar surface area (TPSA) is 46.9 Å². The van der Waals surface area contributed by atoms with E-state index in [1.807, 2.05) is 20.0 Å². The average Bonchev–Trinajstić information content (AvgIpc) is 2.70. The molecule has 1 aromatic rings. The number of nitrogens with one attached hydrogen (secondary N) is 1. The predicted molar refractivity (Wildman–Crippen MR) is 60.9 cm³/mol. The normalized spacial score (nSPS) is 31.2. The van der Waals surface area contributed by atoms with Crippen molar-refractivity contribution in [2.45, 2.75) is 26.2 Å². The number of aryl methyl sites for hydroxylation is 2. The first-order chi connectivity index (χ1) is 7.63. The van der Waals surface area contributed by atoms with Gasteiger partial charge in [-0.15, -0.1) is 0 Å². The van der Waals surface area contributed by atoms with Crippen molar-refractivity contribution in [3.05, 3.63) is 11.8 Å². The fourth-order valence-corrected chi connectivity index (χ4v) is 2.88. The van der Waals surface area contributed by atoms with Crippen LogP contribution in [0.3, 0.4) is 0 Å². The van der Waals surface area contributed by atoms with Gasteiger partial charge in [-0.3, -0.25) is 9.48 Å². The van der Waals surface area contributed by atoms with Crippen molar-refractivity contribution in [2.75, 3.05) is 5.32 Å². The number of aromatic nitrogens is 2. The van der Waals surface area contributed by atoms with Crippen LogP contribution in [-0.4, -0.2) is 15.7 Å². The van der Waals surface area contributed by atoms with Gasteiger partial charge in [0.15, 0.2) is 0 Å². The van der Waals surface area contributed by atoms with Crippen molar-refractivity contribution < 1.29 is 4.79 Å². The van der Waals surface area contributed by atoms with Crippen LogP contribution < -0.4 is 5.32 Å². The Kier molecular flexibility index (Phi) is 2.06. The molecule has 4 nitrogen and oxygen atoms in total. The van der Waals surface area contributed by atoms with E-state index in [0.29, 0.717) is 0 Å². The molecule has 0 radical (unpaired) electrons. The summed E-state index contributed by atoms with van der Waals surface area (Å²) in [5.41, 5.74) is 0.937. The largest absolute Gasteiger partial charge is 0.311 e. The van der Waals surface area contributed by atoms with Gasteiger partial charge in [0.1, 0.15) is 5.82 Å². The van der Waals surface area contributed by atoms with Crippen molar-refractivity contribution in [1.29, 1.82) is 0 Å². The maximum absolute atomic E-state index is 12.0. The second-order valence-electron chi connectivity index (χ2n) is 5.21. The Balaban J connectivity index is 1.66. The van der Waals surface area contributed by atoms with Crippen LogP contribution in [0.2, 0.25) is 0 Å². The maximum Gasteiger partial charge on any atom is 0.228 e. The molecule has 1 heterocycles. The molecule has 4 heteroatoms. The number of carbonyl (C=O) groups excluding carboxylic acids is 1. The highest BCUT2D eigenvalue weighted by molar-refractivity contribution is 5.92. The molecule has 1 amide bonds. The van der Waals surface area contributed by atoms with Crippen LogP contribution in [0.5, 0.6) is 0 Å². The highest BCUT2D eigenvalue weighted by Crippen LogP contribution is 2.54. The van der Waals surface area contributed by atoms with Crippen molar-refractivity contribution in [3.8, 4) is 0 Å². The second kappa shape index (κ2) is 3.34. The summed E-state index contributed by atoms with van der Waals surface area (Å²) in [5, 5.41) is 7.19. The van der Waals surface area contributed by atoms with Crippen LogP contribution in [0, 0.1) is 24.7 Å². The van der Waals surface area contributed by atoms with E-state index in [-0.39, 0.29) is 11.8 Å². The Morgan fingerprint density at radius 3 is 2.69 bits per heavy atom. The van der Waals surface area contributed by atoms with Gasteiger partial charge in [-0.25, -0.2) is 0 Å². The number of hydrogen-bond donors (Lipinski definition) is 1. The molecular formula is C12H17N3O. The molecular weight excluding hydrogens is 202 g/mol. The van der Waals surface area contributed by atoms with E-state index in [1.54, 1.807) is 4.68 Å². The lowest BCUT2D eigenvalue weighted by atomic mass is 10.0. The van der Waals surface area contributed by atoms with Crippen LogP contribution in [-0.2, 0) is 11.8 Å². The summed E-state index contributed by atoms with van der Waals surface area (Å²) in [6, 6.07) is 1.91. The van der Waals surface area contributed by atoms with Gasteiger partial charge in [-0.05, 0) is 38.0 Å². The summed E-state index contributed by atoms with van der Waals surface area (Å²) in [4.78, 5) is 12.0. The van der Waals surface area contributed by atoms with Crippen molar-refractivity contribution in [3.63, 3.8) is 0 Å². The van der Waals surface area contributed by atoms with Crippen molar-refractivity contribution >= 4 is 11.7 Å². The lowest BCUT2D eigenvalue weighted by molar-refractivity contribution is -0.120. The van der Waals surface area contributed by atoms with Gasteiger partial charge in [-0.1, -0.05) is 0 Å². The number of anilines is 1. The standard InChI is InChI=1S/C12H17N3O/c1-7-3-11(15(2)14-7)13-12(16)10-5-8-4-9(8)6-10/h3,8-10H,4-6H2,1-2H3,(H,13,16). The second-order valence-corrected chi connectivity index (χ2v) is 5.21. The Hall–Kier alpha value is -1.32. The SMILES string of the molecule is Cc1cc(NC(=O)C2CC3CC3C2)n(C)n1. The quantitative estimate of drug-likeness (QED) is 0.823. The van der Waals surface area contributed by atoms with Crippen LogP contribution in [0.15, 0.2) is 6.07 Å². The molecule has 2 aliphatic rings. The van der Waals surface area contributed by atoms with Gasteiger partial charge in [0, 0.05) is 19.0 Å². The third-order valence-electron chi connectivity index (χ3n) is 3.87. The van der Waals surface area contributed by atoms with Gasteiger partial charge in [0.05, 0.1) is 5.69 Å². The van der Waals surface area contributed by atoms with E-state index in [0.717, 1.165) is 36.2 Å². The van der Waals surface area contributed by atoms with E-state index in [2.05, 4.69) is 10.4 Å². The minimum atomic E-state index is 0.176. The van der Waals surface area contributed by atoms with Crippen LogP contribution in [0.25, 0.3) is 0 Å². The molecule has 1 aromatic heterocycles. The molecule has 0 aliphatic heterocycles. The third-order valence-corrected chi connectivity index (χ3v) is 3.87. The fraction of sp³-hybridized carbons (Fsp3) is 0.667. The number of amides is 1. The zero-order chi connectivity index (χ0) is 11.3. The molecule has 2 atom stereocenters. The first-order valence-electron chi connectivity index (χ1n) is 5.95. The summed E-state index contributed by atoms with van der Waals surface area (Å²) in [5.74, 6) is 2.92. The molecule has 16 heavy (non-hydrogen) atoms. The predicted octanol–water partition coefficient (Wildman–Crippen LogP) is 1.71. The number of carbonyl (C=O) groups is 1. The first kappa shape index (κ1) is 9.87. The smallest absolute Gasteiger partial charge is 0.228 e. The van der Waals surface area contributed by atoms with E-state index >= 15 is 0 Å². The number of hydrogen-bond acceptors (Lipinski definition) is 2. The van der Waals surface area contributed by atoms with Crippen LogP contribution >= 0.6 is 0 Å².